The van der Waals surface area contributed by atoms with Crippen LogP contribution in [0.15, 0.2) is 35.4 Å². The fourth-order valence-corrected chi connectivity index (χ4v) is 1.87. The minimum Gasteiger partial charge on any atom is -0.329 e. The SMILES string of the molecule is O=c1cc(-c2ccnn2CC2CC2)cc[nH]1. The van der Waals surface area contributed by atoms with E-state index >= 15 is 0 Å². The van der Waals surface area contributed by atoms with Crippen LogP contribution in [0.3, 0.4) is 0 Å². The first-order chi connectivity index (χ1) is 7.83. The predicted octanol–water partition coefficient (Wildman–Crippen LogP) is 1.65. The van der Waals surface area contributed by atoms with Gasteiger partial charge in [0.25, 0.3) is 0 Å². The molecule has 0 atom stereocenters. The van der Waals surface area contributed by atoms with Crippen molar-refractivity contribution in [3.63, 3.8) is 0 Å². The van der Waals surface area contributed by atoms with Crippen LogP contribution < -0.4 is 5.56 Å². The van der Waals surface area contributed by atoms with E-state index in [4.69, 9.17) is 0 Å². The Kier molecular flexibility index (Phi) is 2.13. The van der Waals surface area contributed by atoms with Crippen molar-refractivity contribution in [1.82, 2.24) is 14.8 Å². The summed E-state index contributed by atoms with van der Waals surface area (Å²) >= 11 is 0. The molecule has 2 aromatic rings. The van der Waals surface area contributed by atoms with E-state index in [1.54, 1.807) is 18.5 Å². The Bertz CT molecular complexity index is 551. The molecule has 0 bridgehead atoms. The molecule has 0 spiro atoms. The van der Waals surface area contributed by atoms with Crippen LogP contribution in [0.2, 0.25) is 0 Å². The zero-order chi connectivity index (χ0) is 11.0. The smallest absolute Gasteiger partial charge is 0.248 e. The number of aromatic amines is 1. The zero-order valence-electron chi connectivity index (χ0n) is 8.89. The van der Waals surface area contributed by atoms with E-state index in [2.05, 4.69) is 10.1 Å². The van der Waals surface area contributed by atoms with E-state index in [0.717, 1.165) is 23.7 Å². The van der Waals surface area contributed by atoms with Crippen molar-refractivity contribution in [2.75, 3.05) is 0 Å². The quantitative estimate of drug-likeness (QED) is 0.846. The van der Waals surface area contributed by atoms with E-state index in [1.165, 1.54) is 12.8 Å². The van der Waals surface area contributed by atoms with Crippen LogP contribution in [0.25, 0.3) is 11.3 Å². The molecular weight excluding hydrogens is 202 g/mol. The van der Waals surface area contributed by atoms with Crippen LogP contribution in [-0.2, 0) is 6.54 Å². The van der Waals surface area contributed by atoms with Gasteiger partial charge in [-0.15, -0.1) is 0 Å². The molecule has 16 heavy (non-hydrogen) atoms. The summed E-state index contributed by atoms with van der Waals surface area (Å²) < 4.78 is 1.99. The molecule has 1 aliphatic rings. The summed E-state index contributed by atoms with van der Waals surface area (Å²) in [5, 5.41) is 4.31. The number of rotatable bonds is 3. The summed E-state index contributed by atoms with van der Waals surface area (Å²) in [5.74, 6) is 0.778. The van der Waals surface area contributed by atoms with Crippen molar-refractivity contribution in [3.8, 4) is 11.3 Å². The van der Waals surface area contributed by atoms with Crippen molar-refractivity contribution >= 4 is 0 Å². The number of nitrogens with zero attached hydrogens (tertiary/aromatic N) is 2. The summed E-state index contributed by atoms with van der Waals surface area (Å²) in [5.41, 5.74) is 1.89. The van der Waals surface area contributed by atoms with E-state index < -0.39 is 0 Å². The summed E-state index contributed by atoms with van der Waals surface area (Å²) in [7, 11) is 0. The third-order valence-corrected chi connectivity index (χ3v) is 2.92. The Morgan fingerprint density at radius 2 is 2.31 bits per heavy atom. The van der Waals surface area contributed by atoms with Crippen LogP contribution >= 0.6 is 0 Å². The number of H-pyrrole nitrogens is 1. The van der Waals surface area contributed by atoms with Gasteiger partial charge in [-0.3, -0.25) is 9.48 Å². The molecular formula is C12H13N3O. The van der Waals surface area contributed by atoms with E-state index in [-0.39, 0.29) is 5.56 Å². The van der Waals surface area contributed by atoms with Gasteiger partial charge in [-0.25, -0.2) is 0 Å². The van der Waals surface area contributed by atoms with E-state index in [0.29, 0.717) is 0 Å². The molecule has 3 rings (SSSR count). The third-order valence-electron chi connectivity index (χ3n) is 2.92. The molecule has 0 amide bonds. The minimum absolute atomic E-state index is 0.0725. The summed E-state index contributed by atoms with van der Waals surface area (Å²) in [6.07, 6.45) is 6.06. The topological polar surface area (TPSA) is 50.7 Å². The summed E-state index contributed by atoms with van der Waals surface area (Å²) in [4.78, 5) is 13.9. The summed E-state index contributed by atoms with van der Waals surface area (Å²) in [6, 6.07) is 5.47. The van der Waals surface area contributed by atoms with Gasteiger partial charge >= 0.3 is 0 Å². The molecule has 1 fully saturated rings. The lowest BCUT2D eigenvalue weighted by atomic mass is 10.2. The monoisotopic (exact) mass is 215 g/mol. The number of nitrogens with one attached hydrogen (secondary N) is 1. The fourth-order valence-electron chi connectivity index (χ4n) is 1.87. The number of hydrogen-bond acceptors (Lipinski definition) is 2. The molecule has 1 saturated carbocycles. The maximum Gasteiger partial charge on any atom is 0.248 e. The largest absolute Gasteiger partial charge is 0.329 e. The van der Waals surface area contributed by atoms with Gasteiger partial charge in [-0.05, 0) is 30.9 Å². The Hall–Kier alpha value is -1.84. The van der Waals surface area contributed by atoms with Crippen molar-refractivity contribution in [2.45, 2.75) is 19.4 Å². The average Bonchev–Trinajstić information content (AvgIpc) is 2.95. The Balaban J connectivity index is 1.98. The molecule has 4 heteroatoms. The minimum atomic E-state index is -0.0725. The Labute approximate surface area is 92.9 Å². The zero-order valence-corrected chi connectivity index (χ0v) is 8.89. The maximum atomic E-state index is 11.2. The first-order valence-electron chi connectivity index (χ1n) is 5.54. The molecule has 0 saturated heterocycles. The van der Waals surface area contributed by atoms with Crippen LogP contribution in [-0.4, -0.2) is 14.8 Å². The van der Waals surface area contributed by atoms with Gasteiger partial charge in [-0.2, -0.15) is 5.10 Å². The van der Waals surface area contributed by atoms with Gasteiger partial charge in [0.1, 0.15) is 0 Å². The number of hydrogen-bond donors (Lipinski definition) is 1. The highest BCUT2D eigenvalue weighted by molar-refractivity contribution is 5.58. The van der Waals surface area contributed by atoms with Gasteiger partial charge in [0.15, 0.2) is 0 Å². The van der Waals surface area contributed by atoms with Crippen LogP contribution in [0.1, 0.15) is 12.8 Å². The highest BCUT2D eigenvalue weighted by Crippen LogP contribution is 2.31. The standard InChI is InChI=1S/C12H13N3O/c16-12-7-10(3-5-13-12)11-4-6-14-15(11)8-9-1-2-9/h3-7,9H,1-2,8H2,(H,13,16). The second kappa shape index (κ2) is 3.63. The van der Waals surface area contributed by atoms with Crippen LogP contribution in [0, 0.1) is 5.92 Å². The van der Waals surface area contributed by atoms with Gasteiger partial charge in [0.2, 0.25) is 5.56 Å². The molecule has 4 nitrogen and oxygen atoms in total. The molecule has 0 radical (unpaired) electrons. The maximum absolute atomic E-state index is 11.2. The van der Waals surface area contributed by atoms with Gasteiger partial charge in [-0.1, -0.05) is 0 Å². The van der Waals surface area contributed by atoms with E-state index in [1.807, 2.05) is 16.8 Å². The van der Waals surface area contributed by atoms with E-state index in [9.17, 15) is 4.79 Å². The van der Waals surface area contributed by atoms with Crippen molar-refractivity contribution in [1.29, 1.82) is 0 Å². The van der Waals surface area contributed by atoms with Gasteiger partial charge in [0.05, 0.1) is 5.69 Å². The highest BCUT2D eigenvalue weighted by Gasteiger charge is 2.23. The molecule has 82 valence electrons. The van der Waals surface area contributed by atoms with Gasteiger partial charge in [0, 0.05) is 30.6 Å². The summed E-state index contributed by atoms with van der Waals surface area (Å²) in [6.45, 7) is 0.967. The van der Waals surface area contributed by atoms with Crippen LogP contribution in [0.5, 0.6) is 0 Å². The molecule has 0 unspecified atom stereocenters. The molecule has 2 aromatic heterocycles. The first-order valence-corrected chi connectivity index (χ1v) is 5.54. The van der Waals surface area contributed by atoms with Crippen molar-refractivity contribution < 1.29 is 0 Å². The molecule has 0 aliphatic heterocycles. The van der Waals surface area contributed by atoms with Crippen LogP contribution in [0.4, 0.5) is 0 Å². The van der Waals surface area contributed by atoms with Crippen molar-refractivity contribution in [3.05, 3.63) is 40.9 Å². The van der Waals surface area contributed by atoms with Gasteiger partial charge < -0.3 is 4.98 Å². The molecule has 1 aliphatic carbocycles. The molecule has 0 aromatic carbocycles. The lowest BCUT2D eigenvalue weighted by Gasteiger charge is -2.05. The lowest BCUT2D eigenvalue weighted by Crippen LogP contribution is -2.07. The second-order valence-electron chi connectivity index (χ2n) is 4.28. The first kappa shape index (κ1) is 9.39. The third kappa shape index (κ3) is 1.78. The normalized spacial score (nSPS) is 15.2. The Morgan fingerprint density at radius 1 is 1.44 bits per heavy atom. The lowest BCUT2D eigenvalue weighted by molar-refractivity contribution is 0.569. The predicted molar refractivity (Wildman–Crippen MR) is 61.0 cm³/mol. The second-order valence-corrected chi connectivity index (χ2v) is 4.28. The Morgan fingerprint density at radius 3 is 3.06 bits per heavy atom. The number of aromatic nitrogens is 3. The molecule has 1 N–H and O–H groups in total. The number of pyridine rings is 1. The average molecular weight is 215 g/mol. The fraction of sp³-hybridized carbons (Fsp3) is 0.333. The molecule has 2 heterocycles. The van der Waals surface area contributed by atoms with Crippen molar-refractivity contribution in [2.24, 2.45) is 5.92 Å². The highest BCUT2D eigenvalue weighted by atomic mass is 16.1.